The molecule has 0 spiro atoms. The van der Waals surface area contributed by atoms with Gasteiger partial charge in [0, 0.05) is 0 Å². The van der Waals surface area contributed by atoms with Gasteiger partial charge in [-0.2, -0.15) is 8.42 Å². The molecule has 3 nitrogen and oxygen atoms in total. The largest absolute Gasteiger partial charge is 0.289 e. The first kappa shape index (κ1) is 6.77. The van der Waals surface area contributed by atoms with Crippen molar-refractivity contribution in [2.45, 2.75) is 12.8 Å². The molecule has 0 amide bonds. The van der Waals surface area contributed by atoms with Crippen LogP contribution in [-0.2, 0) is 14.3 Å². The molecule has 4 heteroatoms. The van der Waals surface area contributed by atoms with Crippen LogP contribution in [0.3, 0.4) is 0 Å². The molecular weight excluding hydrogens is 140 g/mol. The van der Waals surface area contributed by atoms with E-state index in [4.69, 9.17) is 0 Å². The lowest BCUT2D eigenvalue weighted by molar-refractivity contribution is 0.322. The summed E-state index contributed by atoms with van der Waals surface area (Å²) in [4.78, 5) is 0. The second-order valence-electron chi connectivity index (χ2n) is 1.83. The first-order chi connectivity index (χ1) is 4.21. The third-order valence-electron chi connectivity index (χ3n) is 1.03. The molecule has 1 rings (SSSR count). The zero-order valence-corrected chi connectivity index (χ0v) is 5.73. The standard InChI is InChI=1S/C5H8O3S/c6-9(7)5-3-1-2-4-8-9/h3,5H,1-2,4H2. The molecule has 0 bridgehead atoms. The normalized spacial score (nSPS) is 25.3. The molecule has 52 valence electrons. The van der Waals surface area contributed by atoms with Gasteiger partial charge in [0.05, 0.1) is 12.0 Å². The van der Waals surface area contributed by atoms with E-state index in [1.54, 1.807) is 6.08 Å². The van der Waals surface area contributed by atoms with E-state index in [1.165, 1.54) is 0 Å². The van der Waals surface area contributed by atoms with Crippen LogP contribution in [-0.4, -0.2) is 15.0 Å². The molecule has 0 saturated carbocycles. The van der Waals surface area contributed by atoms with Crippen LogP contribution in [0.4, 0.5) is 0 Å². The second-order valence-corrected chi connectivity index (χ2v) is 3.32. The van der Waals surface area contributed by atoms with Gasteiger partial charge in [-0.15, -0.1) is 0 Å². The van der Waals surface area contributed by atoms with Crippen molar-refractivity contribution in [1.29, 1.82) is 0 Å². The van der Waals surface area contributed by atoms with Crippen LogP contribution in [0.2, 0.25) is 0 Å². The quantitative estimate of drug-likeness (QED) is 0.473. The predicted octanol–water partition coefficient (Wildman–Crippen LogP) is 0.640. The summed E-state index contributed by atoms with van der Waals surface area (Å²) in [6, 6.07) is 0. The Hall–Kier alpha value is -0.350. The summed E-state index contributed by atoms with van der Waals surface area (Å²) in [7, 11) is -3.30. The van der Waals surface area contributed by atoms with Crippen LogP contribution in [0, 0.1) is 0 Å². The molecule has 0 fully saturated rings. The highest BCUT2D eigenvalue weighted by Crippen LogP contribution is 2.05. The van der Waals surface area contributed by atoms with Crippen molar-refractivity contribution in [3.63, 3.8) is 0 Å². The maximum Gasteiger partial charge on any atom is 0.289 e. The molecule has 0 aromatic carbocycles. The highest BCUT2D eigenvalue weighted by Gasteiger charge is 2.07. The minimum atomic E-state index is -3.30. The highest BCUT2D eigenvalue weighted by atomic mass is 32.2. The SMILES string of the molecule is O=S1(=O)C=CCCCO1. The van der Waals surface area contributed by atoms with E-state index in [0.717, 1.165) is 18.2 Å². The van der Waals surface area contributed by atoms with E-state index in [1.807, 2.05) is 0 Å². The van der Waals surface area contributed by atoms with Gasteiger partial charge >= 0.3 is 0 Å². The molecule has 0 atom stereocenters. The summed E-state index contributed by atoms with van der Waals surface area (Å²) < 4.78 is 25.6. The smallest absolute Gasteiger partial charge is 0.267 e. The lowest BCUT2D eigenvalue weighted by Crippen LogP contribution is -1.99. The zero-order chi connectivity index (χ0) is 6.74. The number of allylic oxidation sites excluding steroid dienone is 1. The van der Waals surface area contributed by atoms with Crippen molar-refractivity contribution in [1.82, 2.24) is 0 Å². The Kier molecular flexibility index (Phi) is 1.87. The topological polar surface area (TPSA) is 43.4 Å². The monoisotopic (exact) mass is 148 g/mol. The van der Waals surface area contributed by atoms with Gasteiger partial charge in [-0.1, -0.05) is 6.08 Å². The van der Waals surface area contributed by atoms with Gasteiger partial charge in [-0.25, -0.2) is 0 Å². The van der Waals surface area contributed by atoms with Crippen LogP contribution in [0.5, 0.6) is 0 Å². The average Bonchev–Trinajstić information content (AvgIpc) is 1.92. The van der Waals surface area contributed by atoms with Gasteiger partial charge in [0.2, 0.25) is 0 Å². The van der Waals surface area contributed by atoms with E-state index in [2.05, 4.69) is 4.18 Å². The Bertz CT molecular complexity index is 202. The van der Waals surface area contributed by atoms with Crippen molar-refractivity contribution in [3.05, 3.63) is 11.5 Å². The second kappa shape index (κ2) is 2.49. The fraction of sp³-hybridized carbons (Fsp3) is 0.600. The van der Waals surface area contributed by atoms with Gasteiger partial charge in [-0.3, -0.25) is 4.18 Å². The van der Waals surface area contributed by atoms with Crippen LogP contribution in [0.15, 0.2) is 11.5 Å². The Morgan fingerprint density at radius 3 is 3.00 bits per heavy atom. The lowest BCUT2D eigenvalue weighted by Gasteiger charge is -1.93. The minimum absolute atomic E-state index is 0.315. The van der Waals surface area contributed by atoms with Crippen molar-refractivity contribution in [3.8, 4) is 0 Å². The van der Waals surface area contributed by atoms with E-state index in [9.17, 15) is 8.42 Å². The van der Waals surface area contributed by atoms with Crippen molar-refractivity contribution >= 4 is 10.1 Å². The summed E-state index contributed by atoms with van der Waals surface area (Å²) in [6.45, 7) is 0.315. The summed E-state index contributed by atoms with van der Waals surface area (Å²) in [6.07, 6.45) is 3.19. The van der Waals surface area contributed by atoms with Gasteiger partial charge in [0.25, 0.3) is 10.1 Å². The molecule has 0 unspecified atom stereocenters. The Morgan fingerprint density at radius 1 is 1.44 bits per heavy atom. The summed E-state index contributed by atoms with van der Waals surface area (Å²) in [5, 5.41) is 1.11. The first-order valence-corrected chi connectivity index (χ1v) is 4.24. The Balaban J connectivity index is 2.76. The number of hydrogen-bond donors (Lipinski definition) is 0. The zero-order valence-electron chi connectivity index (χ0n) is 4.91. The van der Waals surface area contributed by atoms with Crippen molar-refractivity contribution in [2.75, 3.05) is 6.61 Å². The van der Waals surface area contributed by atoms with Gasteiger partial charge < -0.3 is 0 Å². The molecule has 0 saturated heterocycles. The molecule has 1 heterocycles. The third kappa shape index (κ3) is 2.15. The van der Waals surface area contributed by atoms with E-state index in [-0.39, 0.29) is 0 Å². The fourth-order valence-corrected chi connectivity index (χ4v) is 1.40. The van der Waals surface area contributed by atoms with E-state index in [0.29, 0.717) is 6.61 Å². The van der Waals surface area contributed by atoms with Gasteiger partial charge in [0.1, 0.15) is 0 Å². The lowest BCUT2D eigenvalue weighted by atomic mass is 10.3. The van der Waals surface area contributed by atoms with Crippen molar-refractivity contribution in [2.24, 2.45) is 0 Å². The maximum absolute atomic E-state index is 10.6. The molecule has 0 radical (unpaired) electrons. The molecule has 1 aliphatic rings. The van der Waals surface area contributed by atoms with Gasteiger partial charge in [0.15, 0.2) is 0 Å². The fourth-order valence-electron chi connectivity index (χ4n) is 0.601. The summed E-state index contributed by atoms with van der Waals surface area (Å²) >= 11 is 0. The summed E-state index contributed by atoms with van der Waals surface area (Å²) in [5.41, 5.74) is 0. The molecule has 0 N–H and O–H groups in total. The van der Waals surface area contributed by atoms with Crippen LogP contribution in [0.1, 0.15) is 12.8 Å². The average molecular weight is 148 g/mol. The molecule has 9 heavy (non-hydrogen) atoms. The number of rotatable bonds is 0. The maximum atomic E-state index is 10.6. The van der Waals surface area contributed by atoms with Gasteiger partial charge in [-0.05, 0) is 12.8 Å². The molecule has 0 aliphatic carbocycles. The molecular formula is C5H8O3S. The number of hydrogen-bond acceptors (Lipinski definition) is 3. The van der Waals surface area contributed by atoms with E-state index < -0.39 is 10.1 Å². The van der Waals surface area contributed by atoms with Crippen molar-refractivity contribution < 1.29 is 12.6 Å². The molecule has 1 aliphatic heterocycles. The predicted molar refractivity (Wildman–Crippen MR) is 33.2 cm³/mol. The third-order valence-corrected chi connectivity index (χ3v) is 2.05. The van der Waals surface area contributed by atoms with Crippen LogP contribution >= 0.6 is 0 Å². The Morgan fingerprint density at radius 2 is 2.22 bits per heavy atom. The van der Waals surface area contributed by atoms with E-state index >= 15 is 0 Å². The Labute approximate surface area is 54.5 Å². The summed E-state index contributed by atoms with van der Waals surface area (Å²) in [5.74, 6) is 0. The van der Waals surface area contributed by atoms with Crippen LogP contribution < -0.4 is 0 Å². The highest BCUT2D eigenvalue weighted by molar-refractivity contribution is 7.89. The minimum Gasteiger partial charge on any atom is -0.267 e. The molecule has 0 aromatic rings. The van der Waals surface area contributed by atoms with Crippen LogP contribution in [0.25, 0.3) is 0 Å². The first-order valence-electron chi connectivity index (χ1n) is 2.77. The molecule has 0 aromatic heterocycles.